The van der Waals surface area contributed by atoms with Gasteiger partial charge in [-0.1, -0.05) is 33.6 Å². The van der Waals surface area contributed by atoms with E-state index < -0.39 is 0 Å². The molecule has 0 aromatic carbocycles. The minimum absolute atomic E-state index is 0.224. The third-order valence-electron chi connectivity index (χ3n) is 3.74. The summed E-state index contributed by atoms with van der Waals surface area (Å²) in [4.78, 5) is 11.1. The molecule has 0 aromatic heterocycles. The van der Waals surface area contributed by atoms with Crippen molar-refractivity contribution >= 4 is 6.09 Å². The van der Waals surface area contributed by atoms with E-state index in [1.165, 1.54) is 32.8 Å². The molecule has 1 aliphatic carbocycles. The number of methoxy groups -OCH3 is 1. The second-order valence-corrected chi connectivity index (χ2v) is 4.28. The van der Waals surface area contributed by atoms with E-state index in [-0.39, 0.29) is 12.1 Å². The van der Waals surface area contributed by atoms with Crippen LogP contribution in [-0.4, -0.2) is 19.2 Å². The summed E-state index contributed by atoms with van der Waals surface area (Å²) in [5.41, 5.74) is 0.314. The highest BCUT2D eigenvalue weighted by Crippen LogP contribution is 2.43. The van der Waals surface area contributed by atoms with Crippen LogP contribution in [0, 0.1) is 5.41 Å². The highest BCUT2D eigenvalue weighted by Gasteiger charge is 2.38. The summed E-state index contributed by atoms with van der Waals surface area (Å²) in [6.07, 6.45) is 5.88. The zero-order chi connectivity index (χ0) is 12.6. The maximum Gasteiger partial charge on any atom is 0.407 e. The van der Waals surface area contributed by atoms with Gasteiger partial charge in [-0.05, 0) is 31.6 Å². The SMILES string of the molecule is CC.CCC1(C(C)NC(=O)OC)CCCC1. The standard InChI is InChI=1S/C11H21NO2.C2H6/c1-4-11(7-5-6-8-11)9(2)12-10(13)14-3;1-2/h9H,4-8H2,1-3H3,(H,12,13);1-2H3. The van der Waals surface area contributed by atoms with Crippen molar-refractivity contribution in [3.63, 3.8) is 0 Å². The maximum absolute atomic E-state index is 11.1. The van der Waals surface area contributed by atoms with Crippen LogP contribution < -0.4 is 5.32 Å². The summed E-state index contributed by atoms with van der Waals surface area (Å²) in [5, 5.41) is 2.90. The molecule has 0 aliphatic heterocycles. The molecule has 3 heteroatoms. The summed E-state index contributed by atoms with van der Waals surface area (Å²) in [5.74, 6) is 0. The molecular weight excluding hydrogens is 202 g/mol. The van der Waals surface area contributed by atoms with Crippen LogP contribution >= 0.6 is 0 Å². The normalized spacial score (nSPS) is 19.3. The van der Waals surface area contributed by atoms with E-state index in [1.54, 1.807) is 0 Å². The Morgan fingerprint density at radius 2 is 1.88 bits per heavy atom. The van der Waals surface area contributed by atoms with Crippen LogP contribution in [0.15, 0.2) is 0 Å². The minimum Gasteiger partial charge on any atom is -0.453 e. The van der Waals surface area contributed by atoms with E-state index in [4.69, 9.17) is 0 Å². The quantitative estimate of drug-likeness (QED) is 0.800. The van der Waals surface area contributed by atoms with Crippen molar-refractivity contribution in [1.29, 1.82) is 0 Å². The van der Waals surface area contributed by atoms with Crippen LogP contribution in [0.3, 0.4) is 0 Å². The summed E-state index contributed by atoms with van der Waals surface area (Å²) in [6, 6.07) is 0.224. The first-order valence-electron chi connectivity index (χ1n) is 6.49. The summed E-state index contributed by atoms with van der Waals surface area (Å²) < 4.78 is 4.62. The number of nitrogens with one attached hydrogen (secondary N) is 1. The van der Waals surface area contributed by atoms with Gasteiger partial charge in [-0.25, -0.2) is 4.79 Å². The van der Waals surface area contributed by atoms with Crippen LogP contribution in [0.4, 0.5) is 4.79 Å². The predicted octanol–water partition coefficient (Wildman–Crippen LogP) is 3.73. The molecule has 1 saturated carbocycles. The summed E-state index contributed by atoms with van der Waals surface area (Å²) in [7, 11) is 1.41. The van der Waals surface area contributed by atoms with Crippen LogP contribution in [0.2, 0.25) is 0 Å². The van der Waals surface area contributed by atoms with Crippen LogP contribution in [0.5, 0.6) is 0 Å². The lowest BCUT2D eigenvalue weighted by Crippen LogP contribution is -2.44. The second kappa shape index (κ2) is 7.53. The molecular formula is C13H27NO2. The zero-order valence-electron chi connectivity index (χ0n) is 11.4. The van der Waals surface area contributed by atoms with Gasteiger partial charge >= 0.3 is 6.09 Å². The number of hydrogen-bond acceptors (Lipinski definition) is 2. The number of carbonyl (C=O) groups is 1. The van der Waals surface area contributed by atoms with Crippen LogP contribution in [0.1, 0.15) is 59.8 Å². The van der Waals surface area contributed by atoms with Crippen molar-refractivity contribution in [1.82, 2.24) is 5.32 Å². The molecule has 0 aromatic rings. The van der Waals surface area contributed by atoms with E-state index in [2.05, 4.69) is 23.9 Å². The van der Waals surface area contributed by atoms with Gasteiger partial charge in [0, 0.05) is 6.04 Å². The lowest BCUT2D eigenvalue weighted by molar-refractivity contribution is 0.143. The van der Waals surface area contributed by atoms with Gasteiger partial charge in [0.25, 0.3) is 0 Å². The molecule has 1 N–H and O–H groups in total. The highest BCUT2D eigenvalue weighted by molar-refractivity contribution is 5.67. The molecule has 0 saturated heterocycles. The first-order chi connectivity index (χ1) is 7.64. The molecule has 1 aliphatic rings. The largest absolute Gasteiger partial charge is 0.453 e. The number of ether oxygens (including phenoxy) is 1. The molecule has 1 atom stereocenters. The van der Waals surface area contributed by atoms with Crippen LogP contribution in [-0.2, 0) is 4.74 Å². The predicted molar refractivity (Wildman–Crippen MR) is 67.5 cm³/mol. The van der Waals surface area contributed by atoms with E-state index in [0.717, 1.165) is 6.42 Å². The van der Waals surface area contributed by atoms with E-state index in [1.807, 2.05) is 13.8 Å². The fourth-order valence-corrected chi connectivity index (χ4v) is 2.56. The molecule has 1 unspecified atom stereocenters. The Labute approximate surface area is 99.9 Å². The monoisotopic (exact) mass is 229 g/mol. The van der Waals surface area contributed by atoms with E-state index in [9.17, 15) is 4.79 Å². The maximum atomic E-state index is 11.1. The van der Waals surface area contributed by atoms with Gasteiger partial charge in [0.05, 0.1) is 7.11 Å². The van der Waals surface area contributed by atoms with E-state index >= 15 is 0 Å². The lowest BCUT2D eigenvalue weighted by Gasteiger charge is -2.34. The summed E-state index contributed by atoms with van der Waals surface area (Å²) >= 11 is 0. The minimum atomic E-state index is -0.308. The Morgan fingerprint density at radius 3 is 2.25 bits per heavy atom. The number of alkyl carbamates (subject to hydrolysis) is 1. The Morgan fingerprint density at radius 1 is 1.38 bits per heavy atom. The van der Waals surface area contributed by atoms with Gasteiger partial charge in [0.2, 0.25) is 0 Å². The van der Waals surface area contributed by atoms with Crippen molar-refractivity contribution in [3.8, 4) is 0 Å². The Hall–Kier alpha value is -0.730. The Balaban J connectivity index is 0.00000106. The number of carbonyl (C=O) groups excluding carboxylic acids is 1. The van der Waals surface area contributed by atoms with Crippen molar-refractivity contribution in [2.75, 3.05) is 7.11 Å². The lowest BCUT2D eigenvalue weighted by atomic mass is 9.77. The number of hydrogen-bond donors (Lipinski definition) is 1. The smallest absolute Gasteiger partial charge is 0.407 e. The Bertz CT molecular complexity index is 198. The highest BCUT2D eigenvalue weighted by atomic mass is 16.5. The fraction of sp³-hybridized carbons (Fsp3) is 0.923. The molecule has 1 amide bonds. The van der Waals surface area contributed by atoms with E-state index in [0.29, 0.717) is 5.41 Å². The summed E-state index contributed by atoms with van der Waals surface area (Å²) in [6.45, 7) is 8.30. The van der Waals surface area contributed by atoms with Gasteiger partial charge < -0.3 is 10.1 Å². The zero-order valence-corrected chi connectivity index (χ0v) is 11.4. The molecule has 96 valence electrons. The third-order valence-corrected chi connectivity index (χ3v) is 3.74. The first-order valence-corrected chi connectivity index (χ1v) is 6.49. The van der Waals surface area contributed by atoms with Crippen molar-refractivity contribution < 1.29 is 9.53 Å². The molecule has 3 nitrogen and oxygen atoms in total. The third kappa shape index (κ3) is 3.69. The number of rotatable bonds is 3. The van der Waals surface area contributed by atoms with Gasteiger partial charge in [-0.15, -0.1) is 0 Å². The van der Waals surface area contributed by atoms with Crippen molar-refractivity contribution in [2.45, 2.75) is 65.8 Å². The van der Waals surface area contributed by atoms with Gasteiger partial charge in [0.1, 0.15) is 0 Å². The average molecular weight is 229 g/mol. The molecule has 0 spiro atoms. The molecule has 16 heavy (non-hydrogen) atoms. The molecule has 1 fully saturated rings. The van der Waals surface area contributed by atoms with Crippen molar-refractivity contribution in [3.05, 3.63) is 0 Å². The van der Waals surface area contributed by atoms with Crippen LogP contribution in [0.25, 0.3) is 0 Å². The molecule has 0 radical (unpaired) electrons. The molecule has 1 rings (SSSR count). The fourth-order valence-electron chi connectivity index (χ4n) is 2.56. The van der Waals surface area contributed by atoms with Gasteiger partial charge in [0.15, 0.2) is 0 Å². The van der Waals surface area contributed by atoms with Gasteiger partial charge in [-0.2, -0.15) is 0 Å². The average Bonchev–Trinajstić information content (AvgIpc) is 2.81. The van der Waals surface area contributed by atoms with Crippen molar-refractivity contribution in [2.24, 2.45) is 5.41 Å². The topological polar surface area (TPSA) is 38.3 Å². The Kier molecular flexibility index (Phi) is 7.18. The first kappa shape index (κ1) is 15.3. The second-order valence-electron chi connectivity index (χ2n) is 4.28. The number of amides is 1. The van der Waals surface area contributed by atoms with Gasteiger partial charge in [-0.3, -0.25) is 0 Å². The molecule has 0 bridgehead atoms. The molecule has 0 heterocycles.